The van der Waals surface area contributed by atoms with Crippen LogP contribution in [0.1, 0.15) is 85.0 Å². The fourth-order valence-electron chi connectivity index (χ4n) is 2.25. The van der Waals surface area contributed by atoms with Crippen molar-refractivity contribution in [3.8, 4) is 0 Å². The third kappa shape index (κ3) is 15.2. The standard InChI is InChI=1S/C17H33NO/c1-4-5-6-7-8-9-10-11-12-13-14-18-16(2)15-17(3)19/h15,18H,4-14H2,1-3H3. The van der Waals surface area contributed by atoms with Gasteiger partial charge in [-0.05, 0) is 26.3 Å². The lowest BCUT2D eigenvalue weighted by atomic mass is 10.1. The first kappa shape index (κ1) is 18.2. The molecule has 0 unspecified atom stereocenters. The quantitative estimate of drug-likeness (QED) is 0.376. The van der Waals surface area contributed by atoms with E-state index in [0.29, 0.717) is 0 Å². The van der Waals surface area contributed by atoms with Crippen LogP contribution in [0.4, 0.5) is 0 Å². The lowest BCUT2D eigenvalue weighted by molar-refractivity contribution is -0.112. The highest BCUT2D eigenvalue weighted by Crippen LogP contribution is 2.10. The maximum Gasteiger partial charge on any atom is 0.154 e. The number of unbranched alkanes of at least 4 members (excludes halogenated alkanes) is 9. The van der Waals surface area contributed by atoms with Crippen LogP contribution in [0.25, 0.3) is 0 Å². The number of hydrogen-bond donors (Lipinski definition) is 1. The molecule has 0 bridgehead atoms. The average Bonchev–Trinajstić information content (AvgIpc) is 2.35. The van der Waals surface area contributed by atoms with Crippen LogP contribution >= 0.6 is 0 Å². The summed E-state index contributed by atoms with van der Waals surface area (Å²) in [5.41, 5.74) is 0.989. The molecule has 0 aromatic heterocycles. The molecule has 0 atom stereocenters. The van der Waals surface area contributed by atoms with Crippen LogP contribution in [-0.4, -0.2) is 12.3 Å². The number of allylic oxidation sites excluding steroid dienone is 2. The van der Waals surface area contributed by atoms with E-state index < -0.39 is 0 Å². The molecule has 2 heteroatoms. The topological polar surface area (TPSA) is 29.1 Å². The number of ketones is 1. The van der Waals surface area contributed by atoms with Crippen LogP contribution in [0.3, 0.4) is 0 Å². The highest BCUT2D eigenvalue weighted by molar-refractivity contribution is 5.87. The summed E-state index contributed by atoms with van der Waals surface area (Å²) in [5, 5.41) is 3.28. The molecular formula is C17H33NO. The molecule has 112 valence electrons. The van der Waals surface area contributed by atoms with E-state index in [1.165, 1.54) is 64.2 Å². The van der Waals surface area contributed by atoms with Crippen molar-refractivity contribution in [3.05, 3.63) is 11.8 Å². The number of nitrogens with one attached hydrogen (secondary N) is 1. The number of carbonyl (C=O) groups excluding carboxylic acids is 1. The molecule has 0 aromatic carbocycles. The third-order valence-electron chi connectivity index (χ3n) is 3.35. The van der Waals surface area contributed by atoms with Crippen molar-refractivity contribution >= 4 is 5.78 Å². The van der Waals surface area contributed by atoms with Crippen LogP contribution in [0.5, 0.6) is 0 Å². The Bertz CT molecular complexity index is 246. The Kier molecular flexibility index (Phi) is 13.1. The Labute approximate surface area is 120 Å². The first-order chi connectivity index (χ1) is 9.16. The van der Waals surface area contributed by atoms with Gasteiger partial charge in [-0.15, -0.1) is 0 Å². The van der Waals surface area contributed by atoms with Crippen molar-refractivity contribution in [2.45, 2.75) is 85.0 Å². The minimum absolute atomic E-state index is 0.119. The second-order valence-electron chi connectivity index (χ2n) is 5.55. The van der Waals surface area contributed by atoms with Gasteiger partial charge in [0.05, 0.1) is 0 Å². The van der Waals surface area contributed by atoms with Gasteiger partial charge in [-0.1, -0.05) is 64.7 Å². The average molecular weight is 267 g/mol. The molecule has 1 N–H and O–H groups in total. The summed E-state index contributed by atoms with van der Waals surface area (Å²) in [5.74, 6) is 0.119. The van der Waals surface area contributed by atoms with Gasteiger partial charge in [0.25, 0.3) is 0 Å². The molecule has 0 heterocycles. The summed E-state index contributed by atoms with van der Waals surface area (Å²) < 4.78 is 0. The summed E-state index contributed by atoms with van der Waals surface area (Å²) in [6.45, 7) is 6.80. The van der Waals surface area contributed by atoms with Crippen LogP contribution in [0.2, 0.25) is 0 Å². The van der Waals surface area contributed by atoms with Gasteiger partial charge in [0, 0.05) is 12.2 Å². The summed E-state index contributed by atoms with van der Waals surface area (Å²) in [6.07, 6.45) is 15.3. The Balaban J connectivity index is 3.17. The monoisotopic (exact) mass is 267 g/mol. The maximum atomic E-state index is 10.8. The van der Waals surface area contributed by atoms with Gasteiger partial charge in [-0.25, -0.2) is 0 Å². The van der Waals surface area contributed by atoms with E-state index >= 15 is 0 Å². The van der Waals surface area contributed by atoms with E-state index in [4.69, 9.17) is 0 Å². The molecule has 0 aromatic rings. The largest absolute Gasteiger partial charge is 0.388 e. The van der Waals surface area contributed by atoms with Crippen LogP contribution in [0.15, 0.2) is 11.8 Å². The molecule has 0 spiro atoms. The molecule has 0 amide bonds. The molecule has 0 aliphatic rings. The zero-order valence-corrected chi connectivity index (χ0v) is 13.3. The molecule has 0 saturated carbocycles. The molecule has 0 fully saturated rings. The SMILES string of the molecule is CCCCCCCCCCCCNC(C)=CC(C)=O. The van der Waals surface area contributed by atoms with Crippen LogP contribution < -0.4 is 5.32 Å². The fourth-order valence-corrected chi connectivity index (χ4v) is 2.25. The molecule has 0 aliphatic carbocycles. The highest BCUT2D eigenvalue weighted by atomic mass is 16.1. The number of rotatable bonds is 13. The van der Waals surface area contributed by atoms with Crippen LogP contribution in [0, 0.1) is 0 Å². The van der Waals surface area contributed by atoms with Gasteiger partial charge in [0.1, 0.15) is 0 Å². The molecule has 0 rings (SSSR count). The number of carbonyl (C=O) groups is 1. The smallest absolute Gasteiger partial charge is 0.154 e. The van der Waals surface area contributed by atoms with E-state index in [1.807, 2.05) is 6.92 Å². The van der Waals surface area contributed by atoms with Gasteiger partial charge in [0.2, 0.25) is 0 Å². The lowest BCUT2D eigenvalue weighted by Crippen LogP contribution is -2.13. The predicted octanol–water partition coefficient (Wildman–Crippen LogP) is 4.99. The van der Waals surface area contributed by atoms with Crippen molar-refractivity contribution in [1.29, 1.82) is 0 Å². The first-order valence-electron chi connectivity index (χ1n) is 8.09. The van der Waals surface area contributed by atoms with Gasteiger partial charge in [-0.3, -0.25) is 4.79 Å². The van der Waals surface area contributed by atoms with E-state index in [0.717, 1.165) is 12.2 Å². The second-order valence-corrected chi connectivity index (χ2v) is 5.55. The molecule has 0 saturated heterocycles. The third-order valence-corrected chi connectivity index (χ3v) is 3.35. The van der Waals surface area contributed by atoms with Crippen molar-refractivity contribution in [1.82, 2.24) is 5.32 Å². The Hall–Kier alpha value is -0.790. The molecule has 19 heavy (non-hydrogen) atoms. The molecule has 0 radical (unpaired) electrons. The zero-order valence-electron chi connectivity index (χ0n) is 13.3. The lowest BCUT2D eigenvalue weighted by Gasteiger charge is -2.06. The van der Waals surface area contributed by atoms with E-state index in [2.05, 4.69) is 12.2 Å². The van der Waals surface area contributed by atoms with Gasteiger partial charge in [0.15, 0.2) is 5.78 Å². The summed E-state index contributed by atoms with van der Waals surface area (Å²) in [7, 11) is 0. The predicted molar refractivity (Wildman–Crippen MR) is 84.3 cm³/mol. The normalized spacial score (nSPS) is 11.6. The minimum Gasteiger partial charge on any atom is -0.388 e. The Morgan fingerprint density at radius 2 is 1.32 bits per heavy atom. The highest BCUT2D eigenvalue weighted by Gasteiger charge is 1.94. The van der Waals surface area contributed by atoms with E-state index in [-0.39, 0.29) is 5.78 Å². The van der Waals surface area contributed by atoms with Crippen molar-refractivity contribution in [3.63, 3.8) is 0 Å². The van der Waals surface area contributed by atoms with E-state index in [9.17, 15) is 4.79 Å². The second kappa shape index (κ2) is 13.6. The van der Waals surface area contributed by atoms with Crippen molar-refractivity contribution in [2.24, 2.45) is 0 Å². The maximum absolute atomic E-state index is 10.8. The van der Waals surface area contributed by atoms with Gasteiger partial charge >= 0.3 is 0 Å². The van der Waals surface area contributed by atoms with E-state index in [1.54, 1.807) is 13.0 Å². The summed E-state index contributed by atoms with van der Waals surface area (Å²) >= 11 is 0. The van der Waals surface area contributed by atoms with Gasteiger partial charge in [-0.2, -0.15) is 0 Å². The number of hydrogen-bond acceptors (Lipinski definition) is 2. The Morgan fingerprint density at radius 1 is 0.842 bits per heavy atom. The first-order valence-corrected chi connectivity index (χ1v) is 8.09. The molecular weight excluding hydrogens is 234 g/mol. The van der Waals surface area contributed by atoms with Crippen LogP contribution in [-0.2, 0) is 4.79 Å². The molecule has 2 nitrogen and oxygen atoms in total. The Morgan fingerprint density at radius 3 is 1.79 bits per heavy atom. The summed E-state index contributed by atoms with van der Waals surface area (Å²) in [6, 6.07) is 0. The zero-order chi connectivity index (χ0) is 14.3. The molecule has 0 aliphatic heterocycles. The fraction of sp³-hybridized carbons (Fsp3) is 0.824. The minimum atomic E-state index is 0.119. The van der Waals surface area contributed by atoms with Crippen molar-refractivity contribution < 1.29 is 4.79 Å². The van der Waals surface area contributed by atoms with Crippen molar-refractivity contribution in [2.75, 3.05) is 6.54 Å². The summed E-state index contributed by atoms with van der Waals surface area (Å²) in [4.78, 5) is 10.8. The van der Waals surface area contributed by atoms with Gasteiger partial charge < -0.3 is 5.32 Å².